The second kappa shape index (κ2) is 11.5. The number of carbonyl (C=O) groups excluding carboxylic acids is 1. The first-order valence-corrected chi connectivity index (χ1v) is 10.3. The number of methoxy groups -OCH3 is 2. The second-order valence-electron chi connectivity index (χ2n) is 5.97. The number of benzene rings is 2. The number of alkyl halides is 5. The number of ether oxygens (including phenoxy) is 2. The molecule has 0 N–H and O–H groups in total. The summed E-state index contributed by atoms with van der Waals surface area (Å²) in [4.78, 5) is 10.7. The summed E-state index contributed by atoms with van der Waals surface area (Å²) in [6.07, 6.45) is -8.04. The fraction of sp³-hybridized carbons (Fsp3) is 0.222. The molecular weight excluding hydrogens is 608 g/mol. The van der Waals surface area contributed by atoms with E-state index in [0.717, 1.165) is 6.07 Å². The van der Waals surface area contributed by atoms with Gasteiger partial charge in [0.2, 0.25) is 0 Å². The lowest BCUT2D eigenvalue weighted by Gasteiger charge is -2.12. The number of aromatic nitrogens is 4. The summed E-state index contributed by atoms with van der Waals surface area (Å²) in [6.45, 7) is 0. The summed E-state index contributed by atoms with van der Waals surface area (Å²) in [6, 6.07) is 8.09. The summed E-state index contributed by atoms with van der Waals surface area (Å²) in [5.41, 5.74) is -0.0667. The van der Waals surface area contributed by atoms with Crippen molar-refractivity contribution in [3.8, 4) is 22.9 Å². The first-order chi connectivity index (χ1) is 15.9. The van der Waals surface area contributed by atoms with Crippen LogP contribution in [0.1, 0.15) is 0 Å². The molecule has 1 heterocycles. The highest BCUT2D eigenvalue weighted by atomic mass is 79.9. The Labute approximate surface area is 204 Å². The Morgan fingerprint density at radius 2 is 1.59 bits per heavy atom. The van der Waals surface area contributed by atoms with Crippen molar-refractivity contribution in [1.29, 1.82) is 0 Å². The molecule has 1 amide bonds. The summed E-state index contributed by atoms with van der Waals surface area (Å²) >= 11 is 6.23. The lowest BCUT2D eigenvalue weighted by molar-refractivity contribution is -0.211. The molecule has 184 valence electrons. The maximum absolute atomic E-state index is 13.1. The molecule has 0 aliphatic rings. The quantitative estimate of drug-likeness (QED) is 0.276. The Bertz CT molecular complexity index is 1150. The fourth-order valence-electron chi connectivity index (χ4n) is 2.33. The van der Waals surface area contributed by atoms with Crippen molar-refractivity contribution in [2.24, 2.45) is 0 Å². The molecule has 0 bridgehead atoms. The first kappa shape index (κ1) is 27.4. The molecule has 0 saturated carbocycles. The van der Waals surface area contributed by atoms with Crippen LogP contribution in [0, 0.1) is 0 Å². The van der Waals surface area contributed by atoms with Crippen LogP contribution >= 0.6 is 31.9 Å². The molecule has 34 heavy (non-hydrogen) atoms. The molecule has 0 fully saturated rings. The van der Waals surface area contributed by atoms with E-state index >= 15 is 0 Å². The molecule has 16 heteroatoms. The van der Waals surface area contributed by atoms with Gasteiger partial charge in [-0.2, -0.15) is 8.78 Å². The van der Waals surface area contributed by atoms with Crippen LogP contribution < -0.4 is 14.6 Å². The van der Waals surface area contributed by atoms with E-state index in [0.29, 0.717) is 20.4 Å². The van der Waals surface area contributed by atoms with Gasteiger partial charge < -0.3 is 9.47 Å². The van der Waals surface area contributed by atoms with Crippen LogP contribution in [0.5, 0.6) is 11.5 Å². The van der Waals surface area contributed by atoms with Gasteiger partial charge in [-0.3, -0.25) is 4.79 Å². The zero-order chi connectivity index (χ0) is 25.6. The van der Waals surface area contributed by atoms with Crippen LogP contribution in [0.4, 0.5) is 32.1 Å². The zero-order valence-corrected chi connectivity index (χ0v) is 20.2. The van der Waals surface area contributed by atoms with Gasteiger partial charge in [0.05, 0.1) is 28.9 Å². The number of tetrazole rings is 1. The van der Waals surface area contributed by atoms with Gasteiger partial charge in [-0.25, -0.2) is 0 Å². The third-order valence-corrected chi connectivity index (χ3v) is 5.10. The lowest BCUT2D eigenvalue weighted by Crippen LogP contribution is -2.28. The number of halogens is 8. The second-order valence-corrected chi connectivity index (χ2v) is 7.68. The minimum Gasteiger partial charge on any atom is -0.496 e. The zero-order valence-electron chi connectivity index (χ0n) is 17.0. The standard InChI is InChI=1S/C9H6BrF3N4O.C9H7BrF3NO2/c1-18-7-3-2-5(4-6(7)10)8-14-15-16-17(8)9(11,12)13;1-16-7-3-2-5(4-6(7)10)14(13)9(15)8(11)12/h2-4H,1H3;2-4,8H,1H3. The van der Waals surface area contributed by atoms with E-state index in [9.17, 15) is 31.2 Å². The van der Waals surface area contributed by atoms with Crippen molar-refractivity contribution in [3.63, 3.8) is 0 Å². The van der Waals surface area contributed by atoms with Gasteiger partial charge in [-0.15, -0.1) is 28.1 Å². The average molecular weight is 621 g/mol. The molecule has 1 aromatic heterocycles. The minimum atomic E-state index is -4.66. The third kappa shape index (κ3) is 6.59. The van der Waals surface area contributed by atoms with Crippen LogP contribution in [0.25, 0.3) is 11.4 Å². The Hall–Kier alpha value is -2.88. The SMILES string of the molecule is COc1ccc(-c2nnnn2C(F)(F)F)cc1Br.COc1ccc(N(F)C(=O)C(F)F)cc1Br. The van der Waals surface area contributed by atoms with Crippen molar-refractivity contribution < 1.29 is 40.7 Å². The minimum absolute atomic E-state index is 0.193. The molecule has 0 aliphatic carbocycles. The number of carbonyl (C=O) groups is 1. The van der Waals surface area contributed by atoms with Crippen molar-refractivity contribution >= 4 is 43.5 Å². The molecule has 3 aromatic rings. The van der Waals surface area contributed by atoms with Gasteiger partial charge in [0, 0.05) is 5.56 Å². The maximum atomic E-state index is 13.1. The summed E-state index contributed by atoms with van der Waals surface area (Å²) in [7, 11) is 2.86. The molecule has 0 radical (unpaired) electrons. The maximum Gasteiger partial charge on any atom is 0.507 e. The Balaban J connectivity index is 0.000000242. The number of amides is 1. The van der Waals surface area contributed by atoms with E-state index in [4.69, 9.17) is 9.47 Å². The molecule has 0 atom stereocenters. The topological polar surface area (TPSA) is 82.4 Å². The number of anilines is 1. The molecule has 2 aromatic carbocycles. The van der Waals surface area contributed by atoms with E-state index in [1.54, 1.807) is 0 Å². The van der Waals surface area contributed by atoms with Gasteiger partial charge in [0.15, 0.2) is 5.82 Å². The van der Waals surface area contributed by atoms with Crippen LogP contribution in [-0.2, 0) is 11.1 Å². The Morgan fingerprint density at radius 3 is 2.06 bits per heavy atom. The average Bonchev–Trinajstić information content (AvgIpc) is 3.29. The molecule has 0 aliphatic heterocycles. The smallest absolute Gasteiger partial charge is 0.496 e. The molecule has 8 nitrogen and oxygen atoms in total. The molecule has 0 unspecified atom stereocenters. The fourth-order valence-corrected chi connectivity index (χ4v) is 3.40. The number of hydrogen-bond donors (Lipinski definition) is 0. The summed E-state index contributed by atoms with van der Waals surface area (Å²) in [5, 5.41) is 8.72. The first-order valence-electron chi connectivity index (χ1n) is 8.71. The van der Waals surface area contributed by atoms with E-state index in [1.807, 2.05) is 0 Å². The number of nitrogens with zero attached hydrogens (tertiary/aromatic N) is 5. The highest BCUT2D eigenvalue weighted by Gasteiger charge is 2.36. The van der Waals surface area contributed by atoms with Crippen molar-refractivity contribution in [1.82, 2.24) is 20.2 Å². The van der Waals surface area contributed by atoms with E-state index < -0.39 is 23.8 Å². The summed E-state index contributed by atoms with van der Waals surface area (Å²) in [5.74, 6) is -1.38. The molecule has 3 rings (SSSR count). The van der Waals surface area contributed by atoms with Gasteiger partial charge in [0.1, 0.15) is 11.5 Å². The van der Waals surface area contributed by atoms with Crippen molar-refractivity contribution in [2.45, 2.75) is 12.7 Å². The van der Waals surface area contributed by atoms with Crippen LogP contribution in [0.15, 0.2) is 45.3 Å². The third-order valence-electron chi connectivity index (χ3n) is 3.86. The van der Waals surface area contributed by atoms with Gasteiger partial charge in [-0.1, -0.05) is 4.48 Å². The number of rotatable bonds is 5. The van der Waals surface area contributed by atoms with Crippen molar-refractivity contribution in [3.05, 3.63) is 45.3 Å². The van der Waals surface area contributed by atoms with Crippen LogP contribution in [0.2, 0.25) is 0 Å². The highest BCUT2D eigenvalue weighted by molar-refractivity contribution is 9.10. The Morgan fingerprint density at radius 1 is 1.03 bits per heavy atom. The molecular formula is C18H13Br2F6N5O3. The Kier molecular flexibility index (Phi) is 9.26. The lowest BCUT2D eigenvalue weighted by atomic mass is 10.2. The van der Waals surface area contributed by atoms with E-state index in [1.165, 1.54) is 44.6 Å². The van der Waals surface area contributed by atoms with Crippen molar-refractivity contribution in [2.75, 3.05) is 19.3 Å². The van der Waals surface area contributed by atoms with E-state index in [-0.39, 0.29) is 21.8 Å². The normalized spacial score (nSPS) is 11.0. The van der Waals surface area contributed by atoms with Gasteiger partial charge >= 0.3 is 18.6 Å². The van der Waals surface area contributed by atoms with Gasteiger partial charge in [0.25, 0.3) is 0 Å². The van der Waals surface area contributed by atoms with E-state index in [2.05, 4.69) is 47.4 Å². The summed E-state index contributed by atoms with van der Waals surface area (Å²) < 4.78 is 85.3. The highest BCUT2D eigenvalue weighted by Crippen LogP contribution is 2.32. The van der Waals surface area contributed by atoms with Crippen LogP contribution in [0.3, 0.4) is 0 Å². The molecule has 0 spiro atoms. The predicted molar refractivity (Wildman–Crippen MR) is 114 cm³/mol. The largest absolute Gasteiger partial charge is 0.507 e. The number of hydrogen-bond acceptors (Lipinski definition) is 6. The van der Waals surface area contributed by atoms with Gasteiger partial charge in [-0.05, 0) is 78.7 Å². The van der Waals surface area contributed by atoms with Crippen LogP contribution in [-0.4, -0.2) is 46.8 Å². The predicted octanol–water partition coefficient (Wildman–Crippen LogP) is 5.53. The monoisotopic (exact) mass is 619 g/mol. The molecule has 0 saturated heterocycles.